The molecular weight excluding hydrogens is 232 g/mol. The number of carbonyl (C=O) groups is 2. The van der Waals surface area contributed by atoms with E-state index in [1.54, 1.807) is 12.1 Å². The second-order valence-electron chi connectivity index (χ2n) is 4.52. The molecule has 0 radical (unpaired) electrons. The minimum atomic E-state index is -0.765. The Morgan fingerprint density at radius 2 is 2.17 bits per heavy atom. The Morgan fingerprint density at radius 3 is 2.89 bits per heavy atom. The van der Waals surface area contributed by atoms with Gasteiger partial charge in [-0.3, -0.25) is 9.59 Å². The number of amides is 2. The van der Waals surface area contributed by atoms with Crippen molar-refractivity contribution in [3.05, 3.63) is 24.3 Å². The zero-order valence-corrected chi connectivity index (χ0v) is 10.4. The third-order valence-corrected chi connectivity index (χ3v) is 2.53. The van der Waals surface area contributed by atoms with Gasteiger partial charge in [0.05, 0.1) is 12.1 Å². The highest BCUT2D eigenvalue weighted by atomic mass is 16.5. The van der Waals surface area contributed by atoms with Crippen molar-refractivity contribution in [2.45, 2.75) is 32.4 Å². The molecule has 0 fully saturated rings. The van der Waals surface area contributed by atoms with E-state index in [2.05, 4.69) is 10.6 Å². The van der Waals surface area contributed by atoms with Crippen molar-refractivity contribution >= 4 is 17.5 Å². The number of carbonyl (C=O) groups excluding carboxylic acids is 2. The maximum atomic E-state index is 11.8. The summed E-state index contributed by atoms with van der Waals surface area (Å²) in [6.45, 7) is 3.74. The second-order valence-corrected chi connectivity index (χ2v) is 4.52. The van der Waals surface area contributed by atoms with E-state index in [-0.39, 0.29) is 24.3 Å². The van der Waals surface area contributed by atoms with Gasteiger partial charge >= 0.3 is 0 Å². The maximum absolute atomic E-state index is 11.8. The summed E-state index contributed by atoms with van der Waals surface area (Å²) in [6, 6.07) is 7.21. The van der Waals surface area contributed by atoms with Crippen LogP contribution in [-0.4, -0.2) is 24.0 Å². The molecular formula is C13H16N2O3. The minimum absolute atomic E-state index is 0.0261. The minimum Gasteiger partial charge on any atom is -0.478 e. The Labute approximate surface area is 106 Å². The van der Waals surface area contributed by atoms with Crippen molar-refractivity contribution in [1.29, 1.82) is 0 Å². The van der Waals surface area contributed by atoms with E-state index >= 15 is 0 Å². The number of hydrogen-bond acceptors (Lipinski definition) is 3. The van der Waals surface area contributed by atoms with Crippen molar-refractivity contribution in [1.82, 2.24) is 5.32 Å². The molecule has 1 atom stereocenters. The van der Waals surface area contributed by atoms with Gasteiger partial charge in [0.25, 0.3) is 5.91 Å². The summed E-state index contributed by atoms with van der Waals surface area (Å²) in [7, 11) is 0. The van der Waals surface area contributed by atoms with Crippen LogP contribution in [0, 0.1) is 0 Å². The number of anilines is 1. The molecule has 0 aromatic heterocycles. The van der Waals surface area contributed by atoms with Gasteiger partial charge in [-0.25, -0.2) is 0 Å². The van der Waals surface area contributed by atoms with Gasteiger partial charge in [-0.1, -0.05) is 12.1 Å². The molecule has 0 spiro atoms. The summed E-state index contributed by atoms with van der Waals surface area (Å²) in [5.74, 6) is 0.122. The third kappa shape index (κ3) is 2.80. The molecule has 5 heteroatoms. The van der Waals surface area contributed by atoms with E-state index in [0.717, 1.165) is 0 Å². The Morgan fingerprint density at radius 1 is 1.44 bits per heavy atom. The van der Waals surface area contributed by atoms with Crippen LogP contribution in [0.15, 0.2) is 24.3 Å². The fourth-order valence-electron chi connectivity index (χ4n) is 1.78. The highest BCUT2D eigenvalue weighted by molar-refractivity contribution is 5.99. The van der Waals surface area contributed by atoms with Gasteiger partial charge in [0.15, 0.2) is 6.10 Å². The molecule has 2 rings (SSSR count). The standard InChI is InChI=1S/C13H16N2O3/c1-8(2)14-12(16)7-11-13(17)15-9-5-3-4-6-10(9)18-11/h3-6,8,11H,7H2,1-2H3,(H,14,16)(H,15,17). The SMILES string of the molecule is CC(C)NC(=O)CC1Oc2ccccc2NC1=O. The maximum Gasteiger partial charge on any atom is 0.266 e. The summed E-state index contributed by atoms with van der Waals surface area (Å²) in [5.41, 5.74) is 0.642. The van der Waals surface area contributed by atoms with Gasteiger partial charge in [-0.05, 0) is 26.0 Å². The number of rotatable bonds is 3. The van der Waals surface area contributed by atoms with Crippen molar-refractivity contribution in [3.63, 3.8) is 0 Å². The molecule has 18 heavy (non-hydrogen) atoms. The molecule has 1 unspecified atom stereocenters. The van der Waals surface area contributed by atoms with Gasteiger partial charge in [-0.2, -0.15) is 0 Å². The first-order valence-electron chi connectivity index (χ1n) is 5.92. The summed E-state index contributed by atoms with van der Waals surface area (Å²) < 4.78 is 5.52. The average Bonchev–Trinajstić information content (AvgIpc) is 2.29. The van der Waals surface area contributed by atoms with E-state index in [4.69, 9.17) is 4.74 Å². The summed E-state index contributed by atoms with van der Waals surface area (Å²) in [4.78, 5) is 23.4. The number of para-hydroxylation sites is 2. The van der Waals surface area contributed by atoms with Gasteiger partial charge < -0.3 is 15.4 Å². The van der Waals surface area contributed by atoms with Crippen LogP contribution in [0.3, 0.4) is 0 Å². The van der Waals surface area contributed by atoms with Crippen LogP contribution < -0.4 is 15.4 Å². The number of fused-ring (bicyclic) bond motifs is 1. The van der Waals surface area contributed by atoms with E-state index < -0.39 is 6.10 Å². The highest BCUT2D eigenvalue weighted by Crippen LogP contribution is 2.29. The number of ether oxygens (including phenoxy) is 1. The quantitative estimate of drug-likeness (QED) is 0.847. The Hall–Kier alpha value is -2.04. The Bertz CT molecular complexity index is 471. The lowest BCUT2D eigenvalue weighted by Gasteiger charge is -2.25. The smallest absolute Gasteiger partial charge is 0.266 e. The summed E-state index contributed by atoms with van der Waals surface area (Å²) in [6.07, 6.45) is -0.739. The normalized spacial score (nSPS) is 17.7. The van der Waals surface area contributed by atoms with Crippen LogP contribution in [-0.2, 0) is 9.59 Å². The first-order valence-corrected chi connectivity index (χ1v) is 5.92. The van der Waals surface area contributed by atoms with Crippen LogP contribution in [0.5, 0.6) is 5.75 Å². The molecule has 0 saturated heterocycles. The molecule has 0 saturated carbocycles. The largest absolute Gasteiger partial charge is 0.478 e. The number of hydrogen-bond donors (Lipinski definition) is 2. The molecule has 0 bridgehead atoms. The molecule has 1 aliphatic rings. The van der Waals surface area contributed by atoms with Gasteiger partial charge in [0, 0.05) is 6.04 Å². The van der Waals surface area contributed by atoms with E-state index in [0.29, 0.717) is 11.4 Å². The highest BCUT2D eigenvalue weighted by Gasteiger charge is 2.29. The molecule has 1 heterocycles. The predicted molar refractivity (Wildman–Crippen MR) is 67.4 cm³/mol. The number of benzene rings is 1. The summed E-state index contributed by atoms with van der Waals surface area (Å²) >= 11 is 0. The molecule has 0 aliphatic carbocycles. The van der Waals surface area contributed by atoms with E-state index in [9.17, 15) is 9.59 Å². The fourth-order valence-corrected chi connectivity index (χ4v) is 1.78. The number of nitrogens with one attached hydrogen (secondary N) is 2. The first kappa shape index (κ1) is 12.4. The summed E-state index contributed by atoms with van der Waals surface area (Å²) in [5, 5.41) is 5.46. The molecule has 2 amide bonds. The predicted octanol–water partition coefficient (Wildman–Crippen LogP) is 1.30. The lowest BCUT2D eigenvalue weighted by atomic mass is 10.1. The molecule has 1 aromatic carbocycles. The van der Waals surface area contributed by atoms with Gasteiger partial charge in [-0.15, -0.1) is 0 Å². The van der Waals surface area contributed by atoms with Crippen LogP contribution >= 0.6 is 0 Å². The van der Waals surface area contributed by atoms with Gasteiger partial charge in [0.2, 0.25) is 5.91 Å². The zero-order valence-electron chi connectivity index (χ0n) is 10.4. The molecule has 96 valence electrons. The van der Waals surface area contributed by atoms with Crippen molar-refractivity contribution in [2.75, 3.05) is 5.32 Å². The molecule has 5 nitrogen and oxygen atoms in total. The second kappa shape index (κ2) is 5.08. The van der Waals surface area contributed by atoms with Crippen LogP contribution in [0.25, 0.3) is 0 Å². The fraction of sp³-hybridized carbons (Fsp3) is 0.385. The van der Waals surface area contributed by atoms with Crippen LogP contribution in [0.4, 0.5) is 5.69 Å². The first-order chi connectivity index (χ1) is 8.56. The Kier molecular flexibility index (Phi) is 3.50. The third-order valence-electron chi connectivity index (χ3n) is 2.53. The lowest BCUT2D eigenvalue weighted by Crippen LogP contribution is -2.42. The van der Waals surface area contributed by atoms with Crippen LogP contribution in [0.2, 0.25) is 0 Å². The molecule has 1 aromatic rings. The van der Waals surface area contributed by atoms with Crippen molar-refractivity contribution in [2.24, 2.45) is 0 Å². The lowest BCUT2D eigenvalue weighted by molar-refractivity contribution is -0.130. The topological polar surface area (TPSA) is 67.4 Å². The van der Waals surface area contributed by atoms with Crippen molar-refractivity contribution < 1.29 is 14.3 Å². The monoisotopic (exact) mass is 248 g/mol. The van der Waals surface area contributed by atoms with Crippen molar-refractivity contribution in [3.8, 4) is 5.75 Å². The zero-order chi connectivity index (χ0) is 13.1. The molecule has 1 aliphatic heterocycles. The van der Waals surface area contributed by atoms with Crippen LogP contribution in [0.1, 0.15) is 20.3 Å². The Balaban J connectivity index is 2.04. The molecule has 2 N–H and O–H groups in total. The van der Waals surface area contributed by atoms with Gasteiger partial charge in [0.1, 0.15) is 5.75 Å². The van der Waals surface area contributed by atoms with E-state index in [1.165, 1.54) is 0 Å². The van der Waals surface area contributed by atoms with E-state index in [1.807, 2.05) is 26.0 Å². The average molecular weight is 248 g/mol.